The van der Waals surface area contributed by atoms with Crippen LogP contribution in [0.2, 0.25) is 0 Å². The number of aromatic nitrogens is 2. The maximum absolute atomic E-state index is 3.83. The van der Waals surface area contributed by atoms with Crippen LogP contribution in [0.1, 0.15) is 0 Å². The Morgan fingerprint density at radius 3 is 2.43 bits per heavy atom. The average Bonchev–Trinajstić information content (AvgIpc) is 1.86. The molecule has 3 heteroatoms. The fourth-order valence-electron chi connectivity index (χ4n) is 0.345. The van der Waals surface area contributed by atoms with Crippen molar-refractivity contribution in [3.05, 3.63) is 18.5 Å². The minimum atomic E-state index is 0. The van der Waals surface area contributed by atoms with Crippen LogP contribution in [0.15, 0.2) is 18.5 Å². The minimum Gasteiger partial charge on any atom is -0.276 e. The molecule has 0 radical (unpaired) electrons. The first-order valence-corrected chi connectivity index (χ1v) is 1.83. The van der Waals surface area contributed by atoms with Crippen LogP contribution in [0.3, 0.4) is 0 Å². The van der Waals surface area contributed by atoms with Gasteiger partial charge in [0.25, 0.3) is 0 Å². The van der Waals surface area contributed by atoms with Crippen molar-refractivity contribution in [2.45, 2.75) is 0 Å². The van der Waals surface area contributed by atoms with E-state index in [1.54, 1.807) is 10.9 Å². The molecule has 0 amide bonds. The van der Waals surface area contributed by atoms with E-state index in [1.807, 2.05) is 19.3 Å². The van der Waals surface area contributed by atoms with Crippen molar-refractivity contribution in [3.63, 3.8) is 0 Å². The number of aryl methyl sites for hydroxylation is 1. The predicted molar refractivity (Wildman–Crippen MR) is 23.2 cm³/mol. The van der Waals surface area contributed by atoms with Gasteiger partial charge in [-0.3, -0.25) is 4.68 Å². The number of rotatable bonds is 0. The number of nitrogens with zero attached hydrogens (tertiary/aromatic N) is 2. The van der Waals surface area contributed by atoms with Gasteiger partial charge in [-0.25, -0.2) is 0 Å². The standard InChI is InChI=1S/C4H6N2.Pt/c1-6-4-2-3-5-6;/h2-4H,1H3;. The van der Waals surface area contributed by atoms with E-state index >= 15 is 0 Å². The quantitative estimate of drug-likeness (QED) is 0.672. The van der Waals surface area contributed by atoms with Crippen LogP contribution in [-0.2, 0) is 28.1 Å². The molecule has 1 rings (SSSR count). The van der Waals surface area contributed by atoms with Gasteiger partial charge in [0.2, 0.25) is 0 Å². The van der Waals surface area contributed by atoms with Crippen LogP contribution in [0, 0.1) is 0 Å². The topological polar surface area (TPSA) is 17.8 Å². The van der Waals surface area contributed by atoms with Crippen molar-refractivity contribution >= 4 is 0 Å². The third-order valence-corrected chi connectivity index (χ3v) is 0.637. The molecule has 2 nitrogen and oxygen atoms in total. The zero-order chi connectivity index (χ0) is 4.41. The third-order valence-electron chi connectivity index (χ3n) is 0.637. The molecule has 0 fully saturated rings. The van der Waals surface area contributed by atoms with Crippen molar-refractivity contribution in [1.82, 2.24) is 9.78 Å². The molecule has 0 spiro atoms. The Bertz CT molecular complexity index is 113. The Labute approximate surface area is 56.8 Å². The first-order chi connectivity index (χ1) is 2.89. The van der Waals surface area contributed by atoms with Crippen LogP contribution < -0.4 is 0 Å². The molecule has 0 N–H and O–H groups in total. The third kappa shape index (κ3) is 1.88. The van der Waals surface area contributed by atoms with Crippen molar-refractivity contribution in [2.24, 2.45) is 7.05 Å². The summed E-state index contributed by atoms with van der Waals surface area (Å²) >= 11 is 0. The monoisotopic (exact) mass is 277 g/mol. The van der Waals surface area contributed by atoms with Gasteiger partial charge in [0.1, 0.15) is 0 Å². The van der Waals surface area contributed by atoms with Gasteiger partial charge < -0.3 is 0 Å². The van der Waals surface area contributed by atoms with Gasteiger partial charge in [-0.2, -0.15) is 5.10 Å². The van der Waals surface area contributed by atoms with E-state index in [0.717, 1.165) is 0 Å². The average molecular weight is 277 g/mol. The van der Waals surface area contributed by atoms with Gasteiger partial charge in [-0.15, -0.1) is 0 Å². The summed E-state index contributed by atoms with van der Waals surface area (Å²) < 4.78 is 1.75. The molecule has 0 aliphatic rings. The maximum Gasteiger partial charge on any atom is 0.0489 e. The summed E-state index contributed by atoms with van der Waals surface area (Å²) in [6.07, 6.45) is 3.64. The second-order valence-electron chi connectivity index (χ2n) is 1.18. The molecule has 0 unspecified atom stereocenters. The normalized spacial score (nSPS) is 7.57. The van der Waals surface area contributed by atoms with E-state index in [9.17, 15) is 0 Å². The van der Waals surface area contributed by atoms with E-state index < -0.39 is 0 Å². The molecule has 0 saturated carbocycles. The zero-order valence-electron chi connectivity index (χ0n) is 3.94. The summed E-state index contributed by atoms with van der Waals surface area (Å²) in [6, 6.07) is 1.89. The second kappa shape index (κ2) is 2.97. The Balaban J connectivity index is 0.000000360. The van der Waals surface area contributed by atoms with Gasteiger partial charge in [-0.1, -0.05) is 0 Å². The van der Waals surface area contributed by atoms with Crippen molar-refractivity contribution < 1.29 is 21.1 Å². The number of hydrogen-bond donors (Lipinski definition) is 0. The Hall–Kier alpha value is -0.102. The Morgan fingerprint density at radius 2 is 2.29 bits per heavy atom. The summed E-state index contributed by atoms with van der Waals surface area (Å²) in [6.45, 7) is 0. The van der Waals surface area contributed by atoms with Crippen LogP contribution in [0.4, 0.5) is 0 Å². The fourth-order valence-corrected chi connectivity index (χ4v) is 0.345. The SMILES string of the molecule is Cn1cccn1.[Pt]. The van der Waals surface area contributed by atoms with E-state index in [1.165, 1.54) is 0 Å². The first kappa shape index (κ1) is 6.90. The molecule has 0 bridgehead atoms. The summed E-state index contributed by atoms with van der Waals surface area (Å²) in [5.74, 6) is 0. The fraction of sp³-hybridized carbons (Fsp3) is 0.250. The minimum absolute atomic E-state index is 0. The van der Waals surface area contributed by atoms with Crippen LogP contribution in [-0.4, -0.2) is 9.78 Å². The molecule has 0 aliphatic heterocycles. The summed E-state index contributed by atoms with van der Waals surface area (Å²) in [5.41, 5.74) is 0. The molecule has 0 atom stereocenters. The van der Waals surface area contributed by atoms with Gasteiger partial charge in [0, 0.05) is 40.5 Å². The van der Waals surface area contributed by atoms with E-state index in [0.29, 0.717) is 0 Å². The summed E-state index contributed by atoms with van der Waals surface area (Å²) in [4.78, 5) is 0. The molecule has 1 aromatic rings. The van der Waals surface area contributed by atoms with Gasteiger partial charge in [0.15, 0.2) is 0 Å². The summed E-state index contributed by atoms with van der Waals surface area (Å²) in [7, 11) is 1.89. The Morgan fingerprint density at radius 1 is 1.57 bits per heavy atom. The summed E-state index contributed by atoms with van der Waals surface area (Å²) in [5, 5.41) is 3.83. The molecule has 1 heterocycles. The predicted octanol–water partition coefficient (Wildman–Crippen LogP) is 0.418. The molecule has 0 aliphatic carbocycles. The van der Waals surface area contributed by atoms with Crippen LogP contribution in [0.25, 0.3) is 0 Å². The van der Waals surface area contributed by atoms with E-state index in [4.69, 9.17) is 0 Å². The van der Waals surface area contributed by atoms with Crippen molar-refractivity contribution in [3.8, 4) is 0 Å². The van der Waals surface area contributed by atoms with Gasteiger partial charge >= 0.3 is 0 Å². The smallest absolute Gasteiger partial charge is 0.0489 e. The molecular formula is C4H6N2Pt. The molecule has 0 saturated heterocycles. The zero-order valence-corrected chi connectivity index (χ0v) is 6.21. The number of hydrogen-bond acceptors (Lipinski definition) is 1. The van der Waals surface area contributed by atoms with Gasteiger partial charge in [-0.05, 0) is 6.07 Å². The maximum atomic E-state index is 3.83. The molecule has 7 heavy (non-hydrogen) atoms. The van der Waals surface area contributed by atoms with Crippen LogP contribution >= 0.6 is 0 Å². The van der Waals surface area contributed by atoms with Crippen LogP contribution in [0.5, 0.6) is 0 Å². The molecule has 42 valence electrons. The largest absolute Gasteiger partial charge is 0.276 e. The van der Waals surface area contributed by atoms with Crippen molar-refractivity contribution in [1.29, 1.82) is 0 Å². The molecule has 0 aromatic carbocycles. The Kier molecular flexibility index (Phi) is 2.93. The van der Waals surface area contributed by atoms with Crippen molar-refractivity contribution in [2.75, 3.05) is 0 Å². The van der Waals surface area contributed by atoms with E-state index in [-0.39, 0.29) is 21.1 Å². The molecular weight excluding hydrogens is 271 g/mol. The van der Waals surface area contributed by atoms with E-state index in [2.05, 4.69) is 5.10 Å². The molecule has 1 aromatic heterocycles. The second-order valence-corrected chi connectivity index (χ2v) is 1.18. The first-order valence-electron chi connectivity index (χ1n) is 1.83. The van der Waals surface area contributed by atoms with Gasteiger partial charge in [0.05, 0.1) is 0 Å².